The van der Waals surface area contributed by atoms with Gasteiger partial charge < -0.3 is 20.1 Å². The van der Waals surface area contributed by atoms with Gasteiger partial charge in [-0.1, -0.05) is 24.3 Å². The molecule has 0 atom stereocenters. The first-order valence-corrected chi connectivity index (χ1v) is 7.47. The molecule has 0 radical (unpaired) electrons. The first-order chi connectivity index (χ1) is 11.6. The monoisotopic (exact) mass is 328 g/mol. The summed E-state index contributed by atoms with van der Waals surface area (Å²) in [7, 11) is 3.13. The Labute approximate surface area is 140 Å². The fourth-order valence-electron chi connectivity index (χ4n) is 2.02. The van der Waals surface area contributed by atoms with E-state index in [2.05, 4.69) is 10.6 Å². The molecule has 0 bridgehead atoms. The molecule has 0 aromatic heterocycles. The topological polar surface area (TPSA) is 76.7 Å². The Kier molecular flexibility index (Phi) is 6.19. The van der Waals surface area contributed by atoms with Crippen LogP contribution in [0.5, 0.6) is 11.5 Å². The van der Waals surface area contributed by atoms with Crippen molar-refractivity contribution in [3.8, 4) is 11.5 Å². The van der Waals surface area contributed by atoms with Crippen molar-refractivity contribution in [1.29, 1.82) is 0 Å². The lowest BCUT2D eigenvalue weighted by Gasteiger charge is -2.11. The van der Waals surface area contributed by atoms with Crippen LogP contribution in [0, 0.1) is 0 Å². The highest BCUT2D eigenvalue weighted by atomic mass is 16.5. The number of para-hydroxylation sites is 1. The third kappa shape index (κ3) is 4.74. The van der Waals surface area contributed by atoms with E-state index in [1.54, 1.807) is 31.4 Å². The van der Waals surface area contributed by atoms with E-state index >= 15 is 0 Å². The van der Waals surface area contributed by atoms with Crippen LogP contribution in [-0.4, -0.2) is 32.6 Å². The van der Waals surface area contributed by atoms with Gasteiger partial charge in [0.15, 0.2) is 6.61 Å². The average Bonchev–Trinajstić information content (AvgIpc) is 2.64. The van der Waals surface area contributed by atoms with Gasteiger partial charge in [0.25, 0.3) is 11.8 Å². The number of carbonyl (C=O) groups excluding carboxylic acids is 2. The summed E-state index contributed by atoms with van der Waals surface area (Å²) in [4.78, 5) is 23.6. The molecule has 0 heterocycles. The molecule has 2 N–H and O–H groups in total. The number of rotatable bonds is 7. The Balaban J connectivity index is 1.99. The van der Waals surface area contributed by atoms with E-state index < -0.39 is 0 Å². The number of likely N-dealkylation sites (N-methyl/N-ethyl adjacent to an activating group) is 1. The lowest BCUT2D eigenvalue weighted by molar-refractivity contribution is -0.122. The molecule has 24 heavy (non-hydrogen) atoms. The number of methoxy groups -OCH3 is 1. The molecule has 2 aromatic carbocycles. The van der Waals surface area contributed by atoms with E-state index in [0.717, 1.165) is 11.3 Å². The summed E-state index contributed by atoms with van der Waals surface area (Å²) in [6.45, 7) is 0.242. The van der Waals surface area contributed by atoms with E-state index in [4.69, 9.17) is 9.47 Å². The predicted molar refractivity (Wildman–Crippen MR) is 90.2 cm³/mol. The molecule has 2 aromatic rings. The quantitative estimate of drug-likeness (QED) is 0.812. The number of ether oxygens (including phenoxy) is 2. The molecular formula is C18H20N2O4. The third-order valence-electron chi connectivity index (χ3n) is 3.38. The number of carbonyl (C=O) groups is 2. The van der Waals surface area contributed by atoms with Crippen molar-refractivity contribution >= 4 is 11.8 Å². The number of amides is 2. The standard InChI is InChI=1S/C18H20N2O4/c1-19-17(21)12-24-16-6-4-3-5-15(16)18(22)20-11-13-7-9-14(23-2)10-8-13/h3-10H,11-12H2,1-2H3,(H,19,21)(H,20,22). The van der Waals surface area contributed by atoms with Gasteiger partial charge in [-0.25, -0.2) is 0 Å². The summed E-state index contributed by atoms with van der Waals surface area (Å²) in [5, 5.41) is 5.30. The summed E-state index contributed by atoms with van der Waals surface area (Å²) in [6, 6.07) is 14.2. The molecule has 0 saturated carbocycles. The van der Waals surface area contributed by atoms with Crippen molar-refractivity contribution in [3.05, 3.63) is 59.7 Å². The summed E-state index contributed by atoms with van der Waals surface area (Å²) in [5.41, 5.74) is 1.34. The second-order valence-electron chi connectivity index (χ2n) is 4.99. The lowest BCUT2D eigenvalue weighted by Crippen LogP contribution is -2.27. The van der Waals surface area contributed by atoms with E-state index in [0.29, 0.717) is 17.9 Å². The predicted octanol–water partition coefficient (Wildman–Crippen LogP) is 1.75. The molecule has 2 rings (SSSR count). The van der Waals surface area contributed by atoms with Crippen LogP contribution in [-0.2, 0) is 11.3 Å². The summed E-state index contributed by atoms with van der Waals surface area (Å²) in [6.07, 6.45) is 0. The van der Waals surface area contributed by atoms with Gasteiger partial charge in [-0.2, -0.15) is 0 Å². The number of hydrogen-bond acceptors (Lipinski definition) is 4. The van der Waals surface area contributed by atoms with Crippen molar-refractivity contribution < 1.29 is 19.1 Å². The van der Waals surface area contributed by atoms with Crippen LogP contribution in [0.25, 0.3) is 0 Å². The van der Waals surface area contributed by atoms with Gasteiger partial charge in [-0.3, -0.25) is 9.59 Å². The molecule has 0 aliphatic rings. The van der Waals surface area contributed by atoms with E-state index in [1.807, 2.05) is 24.3 Å². The van der Waals surface area contributed by atoms with Crippen LogP contribution < -0.4 is 20.1 Å². The fraction of sp³-hybridized carbons (Fsp3) is 0.222. The molecule has 0 aliphatic carbocycles. The zero-order chi connectivity index (χ0) is 17.4. The summed E-state index contributed by atoms with van der Waals surface area (Å²) < 4.78 is 10.5. The van der Waals surface area contributed by atoms with Gasteiger partial charge in [-0.15, -0.1) is 0 Å². The molecular weight excluding hydrogens is 308 g/mol. The Hall–Kier alpha value is -3.02. The molecule has 6 nitrogen and oxygen atoms in total. The highest BCUT2D eigenvalue weighted by Gasteiger charge is 2.12. The minimum atomic E-state index is -0.265. The minimum absolute atomic E-state index is 0.140. The maximum Gasteiger partial charge on any atom is 0.257 e. The number of benzene rings is 2. The minimum Gasteiger partial charge on any atom is -0.497 e. The first-order valence-electron chi connectivity index (χ1n) is 7.47. The van der Waals surface area contributed by atoms with Crippen molar-refractivity contribution in [2.45, 2.75) is 6.54 Å². The summed E-state index contributed by atoms with van der Waals surface area (Å²) >= 11 is 0. The average molecular weight is 328 g/mol. The largest absolute Gasteiger partial charge is 0.497 e. The van der Waals surface area contributed by atoms with Gasteiger partial charge >= 0.3 is 0 Å². The molecule has 0 fully saturated rings. The van der Waals surface area contributed by atoms with Crippen LogP contribution in [0.4, 0.5) is 0 Å². The van der Waals surface area contributed by atoms with E-state index in [-0.39, 0.29) is 18.4 Å². The van der Waals surface area contributed by atoms with Gasteiger partial charge in [0, 0.05) is 13.6 Å². The van der Waals surface area contributed by atoms with Crippen molar-refractivity contribution in [1.82, 2.24) is 10.6 Å². The Bertz CT molecular complexity index is 698. The number of nitrogens with one attached hydrogen (secondary N) is 2. The SMILES string of the molecule is CNC(=O)COc1ccccc1C(=O)NCc1ccc(OC)cc1. The Morgan fingerprint density at radius 2 is 1.75 bits per heavy atom. The van der Waals surface area contributed by atoms with Crippen molar-refractivity contribution in [3.63, 3.8) is 0 Å². The molecule has 126 valence electrons. The molecule has 0 unspecified atom stereocenters. The van der Waals surface area contributed by atoms with Crippen LogP contribution in [0.2, 0.25) is 0 Å². The summed E-state index contributed by atoms with van der Waals surface area (Å²) in [5.74, 6) is 0.605. The normalized spacial score (nSPS) is 9.92. The highest BCUT2D eigenvalue weighted by molar-refractivity contribution is 5.97. The third-order valence-corrected chi connectivity index (χ3v) is 3.38. The van der Waals surface area contributed by atoms with Gasteiger partial charge in [0.05, 0.1) is 12.7 Å². The van der Waals surface area contributed by atoms with Gasteiger partial charge in [0.1, 0.15) is 11.5 Å². The molecule has 0 aliphatic heterocycles. The highest BCUT2D eigenvalue weighted by Crippen LogP contribution is 2.18. The van der Waals surface area contributed by atoms with Gasteiger partial charge in [-0.05, 0) is 29.8 Å². The van der Waals surface area contributed by atoms with Crippen molar-refractivity contribution in [2.24, 2.45) is 0 Å². The molecule has 6 heteroatoms. The van der Waals surface area contributed by atoms with Crippen LogP contribution >= 0.6 is 0 Å². The van der Waals surface area contributed by atoms with Crippen LogP contribution in [0.15, 0.2) is 48.5 Å². The molecule has 2 amide bonds. The molecule has 0 saturated heterocycles. The second-order valence-corrected chi connectivity index (χ2v) is 4.99. The Morgan fingerprint density at radius 1 is 1.04 bits per heavy atom. The zero-order valence-electron chi connectivity index (χ0n) is 13.7. The number of hydrogen-bond donors (Lipinski definition) is 2. The first kappa shape index (κ1) is 17.3. The maximum atomic E-state index is 12.4. The van der Waals surface area contributed by atoms with E-state index in [1.165, 1.54) is 7.05 Å². The fourth-order valence-corrected chi connectivity index (χ4v) is 2.02. The second kappa shape index (κ2) is 8.57. The van der Waals surface area contributed by atoms with Crippen LogP contribution in [0.3, 0.4) is 0 Å². The lowest BCUT2D eigenvalue weighted by atomic mass is 10.1. The van der Waals surface area contributed by atoms with E-state index in [9.17, 15) is 9.59 Å². The smallest absolute Gasteiger partial charge is 0.257 e. The Morgan fingerprint density at radius 3 is 2.42 bits per heavy atom. The van der Waals surface area contributed by atoms with Gasteiger partial charge in [0.2, 0.25) is 0 Å². The molecule has 0 spiro atoms. The van der Waals surface area contributed by atoms with Crippen LogP contribution in [0.1, 0.15) is 15.9 Å². The van der Waals surface area contributed by atoms with Crippen molar-refractivity contribution in [2.75, 3.05) is 20.8 Å². The maximum absolute atomic E-state index is 12.4. The zero-order valence-corrected chi connectivity index (χ0v) is 13.7.